The van der Waals surface area contributed by atoms with E-state index in [1.54, 1.807) is 24.3 Å². The zero-order valence-corrected chi connectivity index (χ0v) is 12.3. The summed E-state index contributed by atoms with van der Waals surface area (Å²) in [5, 5.41) is 0. The number of aryl methyl sites for hydroxylation is 2. The van der Waals surface area contributed by atoms with Crippen LogP contribution in [-0.2, 0) is 20.7 Å². The van der Waals surface area contributed by atoms with Crippen LogP contribution in [0.2, 0.25) is 0 Å². The van der Waals surface area contributed by atoms with Gasteiger partial charge in [-0.05, 0) is 45.7 Å². The first-order chi connectivity index (χ1) is 8.93. The van der Waals surface area contributed by atoms with E-state index in [9.17, 15) is 9.59 Å². The third-order valence-electron chi connectivity index (χ3n) is 3.19. The monoisotopic (exact) mass is 276 g/mol. The minimum absolute atomic E-state index is 0.382. The van der Waals surface area contributed by atoms with Gasteiger partial charge in [0.1, 0.15) is 0 Å². The van der Waals surface area contributed by atoms with Gasteiger partial charge in [-0.2, -0.15) is 0 Å². The number of cyclic esters (lactones) is 2. The molecule has 1 aromatic heterocycles. The van der Waals surface area contributed by atoms with Gasteiger partial charge in [0.05, 0.1) is 11.1 Å². The van der Waals surface area contributed by atoms with E-state index in [1.165, 1.54) is 15.3 Å². The molecule has 1 aliphatic heterocycles. The minimum atomic E-state index is -0.542. The van der Waals surface area contributed by atoms with Gasteiger partial charge in [-0.15, -0.1) is 11.3 Å². The van der Waals surface area contributed by atoms with Gasteiger partial charge in [0.25, 0.3) is 0 Å². The van der Waals surface area contributed by atoms with Crippen molar-refractivity contribution < 1.29 is 14.3 Å². The summed E-state index contributed by atoms with van der Waals surface area (Å²) in [5.74, 6) is -1.07. The third kappa shape index (κ3) is 2.54. The van der Waals surface area contributed by atoms with E-state index in [0.29, 0.717) is 17.6 Å². The Bertz CT molecular complexity index is 617. The van der Waals surface area contributed by atoms with Gasteiger partial charge in [0.15, 0.2) is 0 Å². The summed E-state index contributed by atoms with van der Waals surface area (Å²) in [4.78, 5) is 25.7. The number of allylic oxidation sites excluding steroid dienone is 2. The predicted molar refractivity (Wildman–Crippen MR) is 75.1 cm³/mol. The predicted octanol–water partition coefficient (Wildman–Crippen LogP) is 3.25. The maximum absolute atomic E-state index is 11.7. The molecule has 19 heavy (non-hydrogen) atoms. The first-order valence-corrected chi connectivity index (χ1v) is 6.94. The Labute approximate surface area is 116 Å². The maximum Gasteiger partial charge on any atom is 0.346 e. The molecule has 2 rings (SSSR count). The van der Waals surface area contributed by atoms with Crippen molar-refractivity contribution in [3.05, 3.63) is 44.2 Å². The number of hydrogen-bond donors (Lipinski definition) is 0. The van der Waals surface area contributed by atoms with Gasteiger partial charge >= 0.3 is 11.9 Å². The lowest BCUT2D eigenvalue weighted by Crippen LogP contribution is -2.01. The third-order valence-corrected chi connectivity index (χ3v) is 4.20. The molecule has 1 aromatic rings. The molecule has 0 saturated carbocycles. The van der Waals surface area contributed by atoms with Crippen molar-refractivity contribution in [1.29, 1.82) is 0 Å². The highest BCUT2D eigenvalue weighted by molar-refractivity contribution is 7.12. The molecule has 100 valence electrons. The summed E-state index contributed by atoms with van der Waals surface area (Å²) in [6, 6.07) is 2.13. The smallest absolute Gasteiger partial charge is 0.346 e. The molecule has 0 aromatic carbocycles. The summed E-state index contributed by atoms with van der Waals surface area (Å²) in [5.41, 5.74) is 2.89. The molecule has 0 amide bonds. The van der Waals surface area contributed by atoms with Crippen LogP contribution in [0.4, 0.5) is 0 Å². The molecule has 2 heterocycles. The Morgan fingerprint density at radius 1 is 1.32 bits per heavy atom. The van der Waals surface area contributed by atoms with Crippen LogP contribution in [0.3, 0.4) is 0 Å². The van der Waals surface area contributed by atoms with Crippen molar-refractivity contribution in [2.24, 2.45) is 0 Å². The van der Waals surface area contributed by atoms with E-state index in [-0.39, 0.29) is 0 Å². The molecule has 0 unspecified atom stereocenters. The molecular formula is C15H16O3S. The van der Waals surface area contributed by atoms with Crippen LogP contribution in [0.5, 0.6) is 0 Å². The lowest BCUT2D eigenvalue weighted by molar-refractivity contribution is -0.149. The SMILES string of the molecule is CC=C1C(=O)OC(=O)C1=C(C)Cc1cc(C)sc1C. The fourth-order valence-electron chi connectivity index (χ4n) is 2.30. The van der Waals surface area contributed by atoms with E-state index in [2.05, 4.69) is 24.7 Å². The summed E-state index contributed by atoms with van der Waals surface area (Å²) in [6.45, 7) is 7.75. The molecule has 0 bridgehead atoms. The van der Waals surface area contributed by atoms with Gasteiger partial charge in [-0.25, -0.2) is 9.59 Å². The molecule has 0 spiro atoms. The lowest BCUT2D eigenvalue weighted by Gasteiger charge is -2.04. The summed E-state index contributed by atoms with van der Waals surface area (Å²) in [7, 11) is 0. The van der Waals surface area contributed by atoms with Crippen LogP contribution in [0.1, 0.15) is 29.2 Å². The van der Waals surface area contributed by atoms with E-state index in [4.69, 9.17) is 0 Å². The molecule has 1 aliphatic rings. The summed E-state index contributed by atoms with van der Waals surface area (Å²) in [6.07, 6.45) is 2.31. The number of ether oxygens (including phenoxy) is 1. The maximum atomic E-state index is 11.7. The summed E-state index contributed by atoms with van der Waals surface area (Å²) >= 11 is 1.74. The topological polar surface area (TPSA) is 43.4 Å². The number of hydrogen-bond acceptors (Lipinski definition) is 4. The second-order valence-electron chi connectivity index (χ2n) is 4.65. The van der Waals surface area contributed by atoms with Crippen molar-refractivity contribution in [3.8, 4) is 0 Å². The number of carbonyl (C=O) groups is 2. The van der Waals surface area contributed by atoms with E-state index in [1.807, 2.05) is 6.92 Å². The average molecular weight is 276 g/mol. The molecule has 1 fully saturated rings. The molecular weight excluding hydrogens is 260 g/mol. The number of rotatable bonds is 2. The van der Waals surface area contributed by atoms with Crippen LogP contribution in [0.15, 0.2) is 28.9 Å². The fraction of sp³-hybridized carbons (Fsp3) is 0.333. The molecule has 3 nitrogen and oxygen atoms in total. The first-order valence-electron chi connectivity index (χ1n) is 6.13. The molecule has 0 atom stereocenters. The highest BCUT2D eigenvalue weighted by Gasteiger charge is 2.34. The van der Waals surface area contributed by atoms with Crippen molar-refractivity contribution in [3.63, 3.8) is 0 Å². The minimum Gasteiger partial charge on any atom is -0.386 e. The standard InChI is InChI=1S/C15H16O3S/c1-5-12-13(15(17)18-14(12)16)8(2)6-11-7-9(3)19-10(11)4/h5,7H,6H2,1-4H3. The molecule has 0 aliphatic carbocycles. The number of thiophene rings is 1. The van der Waals surface area contributed by atoms with Gasteiger partial charge in [0, 0.05) is 9.75 Å². The van der Waals surface area contributed by atoms with E-state index < -0.39 is 11.9 Å². The normalized spacial score (nSPS) is 20.1. The second-order valence-corrected chi connectivity index (χ2v) is 6.11. The van der Waals surface area contributed by atoms with Gasteiger partial charge in [-0.3, -0.25) is 0 Å². The zero-order valence-electron chi connectivity index (χ0n) is 11.5. The lowest BCUT2D eigenvalue weighted by atomic mass is 9.97. The van der Waals surface area contributed by atoms with Crippen LogP contribution < -0.4 is 0 Å². The van der Waals surface area contributed by atoms with Crippen molar-refractivity contribution in [2.75, 3.05) is 0 Å². The Morgan fingerprint density at radius 2 is 2.00 bits per heavy atom. The van der Waals surface area contributed by atoms with Crippen LogP contribution >= 0.6 is 11.3 Å². The van der Waals surface area contributed by atoms with E-state index in [0.717, 1.165) is 5.57 Å². The van der Waals surface area contributed by atoms with Crippen molar-refractivity contribution in [2.45, 2.75) is 34.1 Å². The van der Waals surface area contributed by atoms with Crippen LogP contribution in [-0.4, -0.2) is 11.9 Å². The highest BCUT2D eigenvalue weighted by Crippen LogP contribution is 2.29. The van der Waals surface area contributed by atoms with Gasteiger partial charge < -0.3 is 4.74 Å². The Balaban J connectivity index is 2.39. The zero-order chi connectivity index (χ0) is 14.2. The van der Waals surface area contributed by atoms with Gasteiger partial charge in [-0.1, -0.05) is 11.6 Å². The second kappa shape index (κ2) is 5.13. The molecule has 1 saturated heterocycles. The van der Waals surface area contributed by atoms with Crippen molar-refractivity contribution in [1.82, 2.24) is 0 Å². The Morgan fingerprint density at radius 3 is 2.53 bits per heavy atom. The molecule has 0 radical (unpaired) electrons. The van der Waals surface area contributed by atoms with Gasteiger partial charge in [0.2, 0.25) is 0 Å². The fourth-order valence-corrected chi connectivity index (χ4v) is 3.25. The van der Waals surface area contributed by atoms with Crippen molar-refractivity contribution >= 4 is 23.3 Å². The largest absolute Gasteiger partial charge is 0.386 e. The number of esters is 2. The van der Waals surface area contributed by atoms with Crippen LogP contribution in [0, 0.1) is 13.8 Å². The number of carbonyl (C=O) groups excluding carboxylic acids is 2. The quantitative estimate of drug-likeness (QED) is 0.473. The Kier molecular flexibility index (Phi) is 3.71. The molecule has 0 N–H and O–H groups in total. The Hall–Kier alpha value is -1.68. The average Bonchev–Trinajstić information content (AvgIpc) is 2.78. The van der Waals surface area contributed by atoms with Crippen LogP contribution in [0.25, 0.3) is 0 Å². The summed E-state index contributed by atoms with van der Waals surface area (Å²) < 4.78 is 4.67. The van der Waals surface area contributed by atoms with E-state index >= 15 is 0 Å². The first kappa shape index (κ1) is 13.7. The molecule has 4 heteroatoms. The highest BCUT2D eigenvalue weighted by atomic mass is 32.1.